The first-order chi connectivity index (χ1) is 18.5. The van der Waals surface area contributed by atoms with Crippen LogP contribution in [-0.4, -0.2) is 48.5 Å². The highest BCUT2D eigenvalue weighted by molar-refractivity contribution is 5.71. The van der Waals surface area contributed by atoms with Gasteiger partial charge in [-0.2, -0.15) is 0 Å². The van der Waals surface area contributed by atoms with Gasteiger partial charge in [0.15, 0.2) is 5.65 Å². The maximum Gasteiger partial charge on any atom is 0.261 e. The molecule has 5 heterocycles. The van der Waals surface area contributed by atoms with Gasteiger partial charge in [-0.3, -0.25) is 9.20 Å². The number of aryl methyl sites for hydroxylation is 1. The minimum Gasteiger partial charge on any atom is -0.308 e. The molecule has 38 heavy (non-hydrogen) atoms. The van der Waals surface area contributed by atoms with E-state index in [-0.39, 0.29) is 11.4 Å². The fourth-order valence-corrected chi connectivity index (χ4v) is 5.57. The van der Waals surface area contributed by atoms with E-state index in [9.17, 15) is 9.18 Å². The molecule has 7 nitrogen and oxygen atoms in total. The topological polar surface area (TPSA) is 68.3 Å². The minimum absolute atomic E-state index is 0.0386. The zero-order valence-electron chi connectivity index (χ0n) is 21.6. The van der Waals surface area contributed by atoms with Crippen molar-refractivity contribution in [2.75, 3.05) is 19.6 Å². The van der Waals surface area contributed by atoms with Crippen LogP contribution in [0.5, 0.6) is 0 Å². The van der Waals surface area contributed by atoms with Crippen molar-refractivity contribution in [2.24, 2.45) is 5.92 Å². The van der Waals surface area contributed by atoms with Crippen LogP contribution in [-0.2, 0) is 19.4 Å². The number of imidazole rings is 1. The Morgan fingerprint density at radius 1 is 1.00 bits per heavy atom. The smallest absolute Gasteiger partial charge is 0.261 e. The highest BCUT2D eigenvalue weighted by atomic mass is 19.1. The molecule has 0 saturated carbocycles. The highest BCUT2D eigenvalue weighted by Crippen LogP contribution is 2.24. The third-order valence-electron chi connectivity index (χ3n) is 7.73. The van der Waals surface area contributed by atoms with E-state index < -0.39 is 0 Å². The highest BCUT2D eigenvalue weighted by Gasteiger charge is 2.23. The number of fused-ring (bicyclic) bond motifs is 2. The van der Waals surface area contributed by atoms with Gasteiger partial charge in [0, 0.05) is 36.6 Å². The molecule has 0 bridgehead atoms. The van der Waals surface area contributed by atoms with Crippen LogP contribution in [0.3, 0.4) is 0 Å². The second-order valence-electron chi connectivity index (χ2n) is 10.2. The average Bonchev–Trinajstić information content (AvgIpc) is 3.27. The number of piperidine rings is 1. The molecule has 1 aliphatic rings. The fraction of sp³-hybridized carbons (Fsp3) is 0.333. The molecular formula is C30H31FN6O. The lowest BCUT2D eigenvalue weighted by atomic mass is 9.93. The van der Waals surface area contributed by atoms with E-state index in [0.717, 1.165) is 72.7 Å². The summed E-state index contributed by atoms with van der Waals surface area (Å²) in [5.41, 5.74) is 5.16. The molecule has 194 valence electrons. The third-order valence-corrected chi connectivity index (χ3v) is 7.73. The minimum atomic E-state index is -0.230. The molecule has 6 rings (SSSR count). The molecule has 1 saturated heterocycles. The van der Waals surface area contributed by atoms with Crippen molar-refractivity contribution in [2.45, 2.75) is 39.2 Å². The Morgan fingerprint density at radius 2 is 1.82 bits per heavy atom. The zero-order chi connectivity index (χ0) is 26.1. The van der Waals surface area contributed by atoms with Crippen molar-refractivity contribution in [3.63, 3.8) is 0 Å². The van der Waals surface area contributed by atoms with Gasteiger partial charge in [-0.1, -0.05) is 18.2 Å². The Balaban J connectivity index is 1.11. The lowest BCUT2D eigenvalue weighted by Crippen LogP contribution is -2.37. The number of rotatable bonds is 7. The summed E-state index contributed by atoms with van der Waals surface area (Å²) in [6.07, 6.45) is 7.35. The van der Waals surface area contributed by atoms with Gasteiger partial charge in [0.05, 0.1) is 6.54 Å². The van der Waals surface area contributed by atoms with E-state index in [1.165, 1.54) is 12.1 Å². The summed E-state index contributed by atoms with van der Waals surface area (Å²) in [4.78, 5) is 29.6. The molecule has 0 radical (unpaired) electrons. The fourth-order valence-electron chi connectivity index (χ4n) is 5.57. The molecule has 0 unspecified atom stereocenters. The van der Waals surface area contributed by atoms with Crippen LogP contribution in [0.2, 0.25) is 0 Å². The quantitative estimate of drug-likeness (QED) is 0.324. The van der Waals surface area contributed by atoms with Crippen LogP contribution < -0.4 is 5.56 Å². The predicted molar refractivity (Wildman–Crippen MR) is 146 cm³/mol. The Hall–Kier alpha value is -3.91. The first-order valence-corrected chi connectivity index (χ1v) is 13.3. The lowest BCUT2D eigenvalue weighted by Gasteiger charge is -2.32. The summed E-state index contributed by atoms with van der Waals surface area (Å²) in [5.74, 6) is 1.34. The number of likely N-dealkylation sites (tertiary alicyclic amines) is 1. The van der Waals surface area contributed by atoms with Crippen molar-refractivity contribution in [3.8, 4) is 0 Å². The second kappa shape index (κ2) is 10.5. The van der Waals surface area contributed by atoms with Crippen LogP contribution in [0.1, 0.15) is 35.5 Å². The third kappa shape index (κ3) is 4.96. The number of hydrogen-bond donors (Lipinski definition) is 0. The summed E-state index contributed by atoms with van der Waals surface area (Å²) >= 11 is 0. The largest absolute Gasteiger partial charge is 0.308 e. The molecule has 0 atom stereocenters. The van der Waals surface area contributed by atoms with Crippen molar-refractivity contribution in [1.82, 2.24) is 28.8 Å². The number of pyridine rings is 2. The summed E-state index contributed by atoms with van der Waals surface area (Å²) in [7, 11) is 0. The predicted octanol–water partition coefficient (Wildman–Crippen LogP) is 4.43. The monoisotopic (exact) mass is 510 g/mol. The Bertz CT molecular complexity index is 1630. The van der Waals surface area contributed by atoms with Gasteiger partial charge < -0.3 is 9.47 Å². The normalized spacial score (nSPS) is 15.0. The number of aromatic nitrogens is 5. The number of hydrogen-bond acceptors (Lipinski definition) is 5. The van der Waals surface area contributed by atoms with Crippen LogP contribution >= 0.6 is 0 Å². The van der Waals surface area contributed by atoms with E-state index >= 15 is 0 Å². The van der Waals surface area contributed by atoms with E-state index in [1.807, 2.05) is 49.4 Å². The Labute approximate surface area is 220 Å². The summed E-state index contributed by atoms with van der Waals surface area (Å²) < 4.78 is 17.3. The maximum absolute atomic E-state index is 13.4. The standard InChI is InChI=1S/C30H31FN6O/c1-21-25(30(38)36-15-3-2-6-27(36)33-21)13-18-35-16-11-22(12-17-35)19-28-34-26-5-4-14-32-29(26)37(28)20-23-7-9-24(31)10-8-23/h2-10,14-15,22H,11-13,16-20H2,1H3. The van der Waals surface area contributed by atoms with Gasteiger partial charge in [0.2, 0.25) is 0 Å². The Morgan fingerprint density at radius 3 is 2.63 bits per heavy atom. The van der Waals surface area contributed by atoms with Gasteiger partial charge in [0.25, 0.3) is 5.56 Å². The van der Waals surface area contributed by atoms with E-state index in [1.54, 1.807) is 16.8 Å². The van der Waals surface area contributed by atoms with Gasteiger partial charge in [0.1, 0.15) is 22.8 Å². The van der Waals surface area contributed by atoms with Crippen molar-refractivity contribution in [1.29, 1.82) is 0 Å². The average molecular weight is 511 g/mol. The molecule has 0 amide bonds. The summed E-state index contributed by atoms with van der Waals surface area (Å²) in [6.45, 7) is 5.42. The molecule has 0 aliphatic carbocycles. The van der Waals surface area contributed by atoms with Gasteiger partial charge in [-0.15, -0.1) is 0 Å². The van der Waals surface area contributed by atoms with Crippen molar-refractivity contribution < 1.29 is 4.39 Å². The zero-order valence-corrected chi connectivity index (χ0v) is 21.6. The van der Waals surface area contributed by atoms with E-state index in [4.69, 9.17) is 4.98 Å². The van der Waals surface area contributed by atoms with Gasteiger partial charge >= 0.3 is 0 Å². The van der Waals surface area contributed by atoms with E-state index in [2.05, 4.69) is 19.4 Å². The van der Waals surface area contributed by atoms with Crippen molar-refractivity contribution in [3.05, 3.63) is 106 Å². The Kier molecular flexibility index (Phi) is 6.72. The number of nitrogens with zero attached hydrogens (tertiary/aromatic N) is 6. The van der Waals surface area contributed by atoms with Crippen LogP contribution in [0.15, 0.2) is 71.8 Å². The molecule has 8 heteroatoms. The number of halogens is 1. The number of benzene rings is 1. The summed E-state index contributed by atoms with van der Waals surface area (Å²) in [5, 5.41) is 0. The lowest BCUT2D eigenvalue weighted by molar-refractivity contribution is 0.184. The first-order valence-electron chi connectivity index (χ1n) is 13.3. The van der Waals surface area contributed by atoms with Crippen LogP contribution in [0.4, 0.5) is 4.39 Å². The van der Waals surface area contributed by atoms with Crippen molar-refractivity contribution >= 4 is 16.8 Å². The van der Waals surface area contributed by atoms with Gasteiger partial charge in [-0.05, 0) is 87.2 Å². The molecule has 0 spiro atoms. The van der Waals surface area contributed by atoms with E-state index in [0.29, 0.717) is 24.5 Å². The SMILES string of the molecule is Cc1nc2ccccn2c(=O)c1CCN1CCC(Cc2nc3cccnc3n2Cc2ccc(F)cc2)CC1. The molecule has 1 aliphatic heterocycles. The molecule has 1 aromatic carbocycles. The maximum atomic E-state index is 13.4. The molecular weight excluding hydrogens is 479 g/mol. The molecule has 4 aromatic heterocycles. The van der Waals surface area contributed by atoms with Crippen LogP contribution in [0, 0.1) is 18.7 Å². The summed E-state index contributed by atoms with van der Waals surface area (Å²) in [6, 6.07) is 16.2. The molecule has 5 aromatic rings. The second-order valence-corrected chi connectivity index (χ2v) is 10.2. The molecule has 0 N–H and O–H groups in total. The molecule has 1 fully saturated rings. The first kappa shape index (κ1) is 24.4. The van der Waals surface area contributed by atoms with Crippen LogP contribution in [0.25, 0.3) is 16.8 Å². The van der Waals surface area contributed by atoms with Gasteiger partial charge in [-0.25, -0.2) is 19.3 Å².